The monoisotopic (exact) mass is 252 g/mol. The lowest BCUT2D eigenvalue weighted by atomic mass is 10.1. The molecule has 2 rings (SSSR count). The van der Waals surface area contributed by atoms with Crippen LogP contribution in [0.5, 0.6) is 0 Å². The Hall–Kier alpha value is -1.06. The zero-order chi connectivity index (χ0) is 12.4. The van der Waals surface area contributed by atoms with E-state index in [1.807, 2.05) is 4.90 Å². The van der Waals surface area contributed by atoms with Crippen molar-refractivity contribution in [2.24, 2.45) is 11.7 Å². The van der Waals surface area contributed by atoms with Crippen LogP contribution in [0.15, 0.2) is 24.3 Å². The molecule has 2 unspecified atom stereocenters. The summed E-state index contributed by atoms with van der Waals surface area (Å²) < 4.78 is 0. The minimum absolute atomic E-state index is 0.0518. The number of likely N-dealkylation sites (tertiary alicyclic amines) is 1. The Balaban J connectivity index is 2.15. The van der Waals surface area contributed by atoms with Crippen molar-refractivity contribution in [2.45, 2.75) is 19.4 Å². The molecule has 1 aromatic carbocycles. The highest BCUT2D eigenvalue weighted by molar-refractivity contribution is 6.30. The third kappa shape index (κ3) is 2.61. The van der Waals surface area contributed by atoms with Gasteiger partial charge >= 0.3 is 0 Å². The van der Waals surface area contributed by atoms with E-state index < -0.39 is 0 Å². The maximum atomic E-state index is 12.3. The Kier molecular flexibility index (Phi) is 3.69. The molecular formula is C13H17ClN2O. The van der Waals surface area contributed by atoms with Crippen molar-refractivity contribution in [3.8, 4) is 0 Å². The first-order chi connectivity index (χ1) is 8.11. The molecule has 4 heteroatoms. The van der Waals surface area contributed by atoms with Gasteiger partial charge in [-0.15, -0.1) is 0 Å². The van der Waals surface area contributed by atoms with E-state index >= 15 is 0 Å². The van der Waals surface area contributed by atoms with Crippen molar-refractivity contribution in [1.82, 2.24) is 4.90 Å². The number of hydrogen-bond acceptors (Lipinski definition) is 2. The highest BCUT2D eigenvalue weighted by Crippen LogP contribution is 2.24. The van der Waals surface area contributed by atoms with Crippen molar-refractivity contribution in [1.29, 1.82) is 0 Å². The van der Waals surface area contributed by atoms with Gasteiger partial charge in [-0.25, -0.2) is 0 Å². The Morgan fingerprint density at radius 2 is 2.35 bits per heavy atom. The second-order valence-corrected chi connectivity index (χ2v) is 5.09. The van der Waals surface area contributed by atoms with Gasteiger partial charge in [0, 0.05) is 23.2 Å². The molecule has 0 radical (unpaired) electrons. The topological polar surface area (TPSA) is 46.3 Å². The normalized spacial score (nSPS) is 24.1. The smallest absolute Gasteiger partial charge is 0.254 e. The quantitative estimate of drug-likeness (QED) is 0.877. The SMILES string of the molecule is CC1CC(CN)CN1C(=O)c1cccc(Cl)c1. The molecule has 1 amide bonds. The van der Waals surface area contributed by atoms with Gasteiger partial charge in [0.05, 0.1) is 0 Å². The summed E-state index contributed by atoms with van der Waals surface area (Å²) >= 11 is 5.90. The van der Waals surface area contributed by atoms with Crippen molar-refractivity contribution < 1.29 is 4.79 Å². The van der Waals surface area contributed by atoms with Crippen molar-refractivity contribution in [3.63, 3.8) is 0 Å². The summed E-state index contributed by atoms with van der Waals surface area (Å²) in [5, 5.41) is 0.595. The molecule has 1 aromatic rings. The van der Waals surface area contributed by atoms with Gasteiger partial charge in [0.1, 0.15) is 0 Å². The number of nitrogens with two attached hydrogens (primary N) is 1. The van der Waals surface area contributed by atoms with Crippen LogP contribution in [0.3, 0.4) is 0 Å². The minimum atomic E-state index is 0.0518. The Morgan fingerprint density at radius 3 is 2.94 bits per heavy atom. The van der Waals surface area contributed by atoms with Crippen LogP contribution in [-0.2, 0) is 0 Å². The van der Waals surface area contributed by atoms with Crippen LogP contribution in [-0.4, -0.2) is 29.9 Å². The van der Waals surface area contributed by atoms with Gasteiger partial charge in [-0.05, 0) is 44.0 Å². The first-order valence-electron chi connectivity index (χ1n) is 5.88. The van der Waals surface area contributed by atoms with Crippen LogP contribution in [0, 0.1) is 5.92 Å². The molecule has 1 aliphatic heterocycles. The lowest BCUT2D eigenvalue weighted by Crippen LogP contribution is -2.34. The average molecular weight is 253 g/mol. The lowest BCUT2D eigenvalue weighted by Gasteiger charge is -2.21. The number of amides is 1. The van der Waals surface area contributed by atoms with E-state index in [1.54, 1.807) is 24.3 Å². The van der Waals surface area contributed by atoms with Crippen molar-refractivity contribution >= 4 is 17.5 Å². The molecule has 0 spiro atoms. The number of carbonyl (C=O) groups is 1. The van der Waals surface area contributed by atoms with E-state index in [-0.39, 0.29) is 11.9 Å². The van der Waals surface area contributed by atoms with E-state index in [9.17, 15) is 4.79 Å². The molecule has 2 N–H and O–H groups in total. The first kappa shape index (κ1) is 12.4. The summed E-state index contributed by atoms with van der Waals surface area (Å²) in [4.78, 5) is 14.2. The average Bonchev–Trinajstić information content (AvgIpc) is 2.69. The van der Waals surface area contributed by atoms with Crippen LogP contribution < -0.4 is 5.73 Å². The highest BCUT2D eigenvalue weighted by atomic mass is 35.5. The molecule has 1 saturated heterocycles. The van der Waals surface area contributed by atoms with Gasteiger partial charge in [-0.2, -0.15) is 0 Å². The molecule has 1 fully saturated rings. The third-order valence-corrected chi connectivity index (χ3v) is 3.56. The Morgan fingerprint density at radius 1 is 1.59 bits per heavy atom. The zero-order valence-electron chi connectivity index (χ0n) is 9.90. The van der Waals surface area contributed by atoms with Crippen molar-refractivity contribution in [3.05, 3.63) is 34.9 Å². The molecule has 0 aromatic heterocycles. The first-order valence-corrected chi connectivity index (χ1v) is 6.26. The molecular weight excluding hydrogens is 236 g/mol. The highest BCUT2D eigenvalue weighted by Gasteiger charge is 2.31. The molecule has 1 heterocycles. The maximum absolute atomic E-state index is 12.3. The largest absolute Gasteiger partial charge is 0.336 e. The fraction of sp³-hybridized carbons (Fsp3) is 0.462. The molecule has 0 bridgehead atoms. The molecule has 0 aliphatic carbocycles. The fourth-order valence-corrected chi connectivity index (χ4v) is 2.57. The van der Waals surface area contributed by atoms with Crippen LogP contribution in [0.4, 0.5) is 0 Å². The number of halogens is 1. The van der Waals surface area contributed by atoms with Crippen LogP contribution in [0.1, 0.15) is 23.7 Å². The minimum Gasteiger partial charge on any atom is -0.336 e. The number of hydrogen-bond donors (Lipinski definition) is 1. The van der Waals surface area contributed by atoms with Gasteiger partial charge < -0.3 is 10.6 Å². The number of carbonyl (C=O) groups excluding carboxylic acids is 1. The molecule has 17 heavy (non-hydrogen) atoms. The van der Waals surface area contributed by atoms with E-state index in [0.29, 0.717) is 23.0 Å². The summed E-state index contributed by atoms with van der Waals surface area (Å²) in [6.45, 7) is 3.46. The Bertz CT molecular complexity index is 422. The summed E-state index contributed by atoms with van der Waals surface area (Å²) in [6.07, 6.45) is 0.989. The third-order valence-electron chi connectivity index (χ3n) is 3.33. The Labute approximate surface area is 107 Å². The van der Waals surface area contributed by atoms with E-state index in [0.717, 1.165) is 13.0 Å². The van der Waals surface area contributed by atoms with Crippen LogP contribution >= 0.6 is 11.6 Å². The van der Waals surface area contributed by atoms with Gasteiger partial charge in [0.25, 0.3) is 5.91 Å². The summed E-state index contributed by atoms with van der Waals surface area (Å²) in [5.41, 5.74) is 6.32. The van der Waals surface area contributed by atoms with E-state index in [2.05, 4.69) is 6.92 Å². The maximum Gasteiger partial charge on any atom is 0.254 e. The van der Waals surface area contributed by atoms with Crippen LogP contribution in [0.25, 0.3) is 0 Å². The summed E-state index contributed by atoms with van der Waals surface area (Å²) in [5.74, 6) is 0.476. The molecule has 1 aliphatic rings. The fourth-order valence-electron chi connectivity index (χ4n) is 2.38. The van der Waals surface area contributed by atoms with E-state index in [1.165, 1.54) is 0 Å². The lowest BCUT2D eigenvalue weighted by molar-refractivity contribution is 0.0743. The molecule has 3 nitrogen and oxygen atoms in total. The van der Waals surface area contributed by atoms with Gasteiger partial charge in [0.2, 0.25) is 0 Å². The number of nitrogens with zero attached hydrogens (tertiary/aromatic N) is 1. The molecule has 2 atom stereocenters. The number of rotatable bonds is 2. The summed E-state index contributed by atoms with van der Waals surface area (Å²) in [7, 11) is 0. The van der Waals surface area contributed by atoms with E-state index in [4.69, 9.17) is 17.3 Å². The predicted octanol–water partition coefficient (Wildman–Crippen LogP) is 2.15. The van der Waals surface area contributed by atoms with Gasteiger partial charge in [-0.3, -0.25) is 4.79 Å². The van der Waals surface area contributed by atoms with Crippen molar-refractivity contribution in [2.75, 3.05) is 13.1 Å². The van der Waals surface area contributed by atoms with Gasteiger partial charge in [-0.1, -0.05) is 17.7 Å². The zero-order valence-corrected chi connectivity index (χ0v) is 10.7. The predicted molar refractivity (Wildman–Crippen MR) is 69.1 cm³/mol. The second kappa shape index (κ2) is 5.07. The summed E-state index contributed by atoms with van der Waals surface area (Å²) in [6, 6.07) is 7.35. The van der Waals surface area contributed by atoms with Crippen LogP contribution in [0.2, 0.25) is 5.02 Å². The standard InChI is InChI=1S/C13H17ClN2O/c1-9-5-10(7-15)8-16(9)13(17)11-3-2-4-12(14)6-11/h2-4,6,9-10H,5,7-8,15H2,1H3. The molecule has 92 valence electrons. The van der Waals surface area contributed by atoms with Gasteiger partial charge in [0.15, 0.2) is 0 Å². The molecule has 0 saturated carbocycles. The number of benzene rings is 1. The second-order valence-electron chi connectivity index (χ2n) is 4.65.